The van der Waals surface area contributed by atoms with Gasteiger partial charge in [-0.15, -0.1) is 0 Å². The molecule has 1 aromatic rings. The summed E-state index contributed by atoms with van der Waals surface area (Å²) in [7, 11) is 0. The van der Waals surface area contributed by atoms with Crippen LogP contribution in [0.2, 0.25) is 0 Å². The molecule has 0 radical (unpaired) electrons. The van der Waals surface area contributed by atoms with Crippen LogP contribution in [0.25, 0.3) is 0 Å². The minimum Gasteiger partial charge on any atom is -0.459 e. The zero-order chi connectivity index (χ0) is 18.8. The number of hydrogen-bond acceptors (Lipinski definition) is 4. The van der Waals surface area contributed by atoms with Crippen LogP contribution in [0.1, 0.15) is 37.2 Å². The second kappa shape index (κ2) is 10.5. The number of rotatable bonds is 7. The molecule has 0 saturated carbocycles. The molecular formula is C18H29N5O3. The highest BCUT2D eigenvalue weighted by molar-refractivity contribution is 5.91. The molecular weight excluding hydrogens is 334 g/mol. The molecule has 1 aliphatic heterocycles. The number of aliphatic imine (C=N–C) groups is 1. The van der Waals surface area contributed by atoms with Crippen molar-refractivity contribution < 1.29 is 14.0 Å². The Bertz CT molecular complexity index is 592. The maximum absolute atomic E-state index is 12.3. The van der Waals surface area contributed by atoms with Gasteiger partial charge in [0.15, 0.2) is 11.7 Å². The van der Waals surface area contributed by atoms with Crippen molar-refractivity contribution in [1.82, 2.24) is 20.4 Å². The molecule has 144 valence electrons. The molecule has 0 aliphatic carbocycles. The standard InChI is InChI=1S/C18H29N5O3/c1-3-8-20-16(24)7-9-21-18(19-4-2)23-12-10-22(11-13-23)17(25)15-6-5-14-26-15/h5-6,14H,3-4,7-13H2,1-2H3,(H,19,21)(H,20,24). The molecule has 0 aromatic carbocycles. The summed E-state index contributed by atoms with van der Waals surface area (Å²) in [6.07, 6.45) is 2.82. The van der Waals surface area contributed by atoms with E-state index in [2.05, 4.69) is 20.5 Å². The smallest absolute Gasteiger partial charge is 0.289 e. The number of guanidine groups is 1. The molecule has 8 nitrogen and oxygen atoms in total. The Balaban J connectivity index is 1.84. The van der Waals surface area contributed by atoms with Crippen LogP contribution < -0.4 is 10.6 Å². The van der Waals surface area contributed by atoms with E-state index in [4.69, 9.17) is 4.42 Å². The van der Waals surface area contributed by atoms with Gasteiger partial charge in [0.1, 0.15) is 0 Å². The normalized spacial score (nSPS) is 15.1. The lowest BCUT2D eigenvalue weighted by molar-refractivity contribution is -0.120. The van der Waals surface area contributed by atoms with Gasteiger partial charge in [0.25, 0.3) is 5.91 Å². The number of nitrogens with one attached hydrogen (secondary N) is 2. The second-order valence-corrected chi connectivity index (χ2v) is 6.09. The van der Waals surface area contributed by atoms with Crippen molar-refractivity contribution in [2.24, 2.45) is 4.99 Å². The second-order valence-electron chi connectivity index (χ2n) is 6.09. The number of nitrogens with zero attached hydrogens (tertiary/aromatic N) is 3. The SMILES string of the molecule is CCCNC(=O)CCN=C(NCC)N1CCN(C(=O)c2ccco2)CC1. The van der Waals surface area contributed by atoms with Gasteiger partial charge in [-0.05, 0) is 25.5 Å². The Labute approximate surface area is 154 Å². The van der Waals surface area contributed by atoms with E-state index in [0.717, 1.165) is 18.9 Å². The van der Waals surface area contributed by atoms with Gasteiger partial charge in [-0.3, -0.25) is 14.6 Å². The number of carbonyl (C=O) groups excluding carboxylic acids is 2. The molecule has 2 N–H and O–H groups in total. The van der Waals surface area contributed by atoms with Crippen molar-refractivity contribution in [2.45, 2.75) is 26.7 Å². The van der Waals surface area contributed by atoms with Gasteiger partial charge in [0.2, 0.25) is 5.91 Å². The number of amides is 2. The van der Waals surface area contributed by atoms with Crippen molar-refractivity contribution in [3.63, 3.8) is 0 Å². The molecule has 2 rings (SSSR count). The number of hydrogen-bond donors (Lipinski definition) is 2. The minimum absolute atomic E-state index is 0.0281. The third-order valence-electron chi connectivity index (χ3n) is 4.11. The monoisotopic (exact) mass is 363 g/mol. The predicted octanol–water partition coefficient (Wildman–Crippen LogP) is 0.919. The van der Waals surface area contributed by atoms with E-state index in [1.807, 2.05) is 13.8 Å². The van der Waals surface area contributed by atoms with E-state index in [1.54, 1.807) is 17.0 Å². The van der Waals surface area contributed by atoms with E-state index < -0.39 is 0 Å². The molecule has 8 heteroatoms. The van der Waals surface area contributed by atoms with Crippen LogP contribution in [0.3, 0.4) is 0 Å². The predicted molar refractivity (Wildman–Crippen MR) is 100 cm³/mol. The van der Waals surface area contributed by atoms with Gasteiger partial charge in [0, 0.05) is 45.7 Å². The highest BCUT2D eigenvalue weighted by Gasteiger charge is 2.25. The first-order chi connectivity index (χ1) is 12.7. The van der Waals surface area contributed by atoms with Crippen LogP contribution in [0, 0.1) is 0 Å². The summed E-state index contributed by atoms with van der Waals surface area (Å²) in [4.78, 5) is 32.5. The molecule has 0 atom stereocenters. The highest BCUT2D eigenvalue weighted by atomic mass is 16.3. The lowest BCUT2D eigenvalue weighted by Crippen LogP contribution is -2.53. The van der Waals surface area contributed by atoms with Crippen molar-refractivity contribution in [2.75, 3.05) is 45.8 Å². The molecule has 1 aliphatic rings. The third-order valence-corrected chi connectivity index (χ3v) is 4.11. The fraction of sp³-hybridized carbons (Fsp3) is 0.611. The van der Waals surface area contributed by atoms with Crippen LogP contribution in [-0.2, 0) is 4.79 Å². The summed E-state index contributed by atoms with van der Waals surface area (Å²) in [5.74, 6) is 1.11. The first-order valence-corrected chi connectivity index (χ1v) is 9.28. The third kappa shape index (κ3) is 5.79. The van der Waals surface area contributed by atoms with Crippen molar-refractivity contribution >= 4 is 17.8 Å². The van der Waals surface area contributed by atoms with Crippen molar-refractivity contribution in [3.05, 3.63) is 24.2 Å². The van der Waals surface area contributed by atoms with Crippen LogP contribution in [-0.4, -0.2) is 73.4 Å². The van der Waals surface area contributed by atoms with Gasteiger partial charge in [0.05, 0.1) is 12.8 Å². The topological polar surface area (TPSA) is 90.2 Å². The van der Waals surface area contributed by atoms with Gasteiger partial charge in [-0.25, -0.2) is 0 Å². The average Bonchev–Trinajstić information content (AvgIpc) is 3.20. The molecule has 1 fully saturated rings. The molecule has 0 unspecified atom stereocenters. The Kier molecular flexibility index (Phi) is 7.98. The Morgan fingerprint density at radius 2 is 1.88 bits per heavy atom. The molecule has 26 heavy (non-hydrogen) atoms. The molecule has 0 bridgehead atoms. The molecule has 1 aromatic heterocycles. The molecule has 2 heterocycles. The summed E-state index contributed by atoms with van der Waals surface area (Å²) in [5, 5.41) is 6.12. The molecule has 0 spiro atoms. The van der Waals surface area contributed by atoms with Crippen molar-refractivity contribution in [1.29, 1.82) is 0 Å². The Hall–Kier alpha value is -2.51. The zero-order valence-corrected chi connectivity index (χ0v) is 15.7. The fourth-order valence-corrected chi connectivity index (χ4v) is 2.72. The maximum Gasteiger partial charge on any atom is 0.289 e. The Morgan fingerprint density at radius 3 is 2.50 bits per heavy atom. The quantitative estimate of drug-likeness (QED) is 0.555. The average molecular weight is 363 g/mol. The summed E-state index contributed by atoms with van der Waals surface area (Å²) < 4.78 is 5.19. The van der Waals surface area contributed by atoms with Gasteiger partial charge in [-0.1, -0.05) is 6.92 Å². The van der Waals surface area contributed by atoms with Gasteiger partial charge >= 0.3 is 0 Å². The first-order valence-electron chi connectivity index (χ1n) is 9.28. The van der Waals surface area contributed by atoms with Crippen LogP contribution >= 0.6 is 0 Å². The van der Waals surface area contributed by atoms with E-state index in [1.165, 1.54) is 6.26 Å². The van der Waals surface area contributed by atoms with E-state index >= 15 is 0 Å². The fourth-order valence-electron chi connectivity index (χ4n) is 2.72. The summed E-state index contributed by atoms with van der Waals surface area (Å²) in [5.41, 5.74) is 0. The van der Waals surface area contributed by atoms with Crippen LogP contribution in [0.4, 0.5) is 0 Å². The lowest BCUT2D eigenvalue weighted by Gasteiger charge is -2.36. The summed E-state index contributed by atoms with van der Waals surface area (Å²) in [6.45, 7) is 8.56. The minimum atomic E-state index is -0.0795. The van der Waals surface area contributed by atoms with Crippen molar-refractivity contribution in [3.8, 4) is 0 Å². The Morgan fingerprint density at radius 1 is 1.15 bits per heavy atom. The first kappa shape index (κ1) is 19.8. The molecule has 1 saturated heterocycles. The van der Waals surface area contributed by atoms with E-state index in [-0.39, 0.29) is 11.8 Å². The number of furan rings is 1. The lowest BCUT2D eigenvalue weighted by atomic mass is 10.3. The summed E-state index contributed by atoms with van der Waals surface area (Å²) in [6, 6.07) is 3.40. The highest BCUT2D eigenvalue weighted by Crippen LogP contribution is 2.09. The van der Waals surface area contributed by atoms with E-state index in [0.29, 0.717) is 51.4 Å². The number of carbonyl (C=O) groups is 2. The van der Waals surface area contributed by atoms with E-state index in [9.17, 15) is 9.59 Å². The molecule has 2 amide bonds. The zero-order valence-electron chi connectivity index (χ0n) is 15.7. The summed E-state index contributed by atoms with van der Waals surface area (Å²) >= 11 is 0. The van der Waals surface area contributed by atoms with Gasteiger partial charge in [-0.2, -0.15) is 0 Å². The van der Waals surface area contributed by atoms with Crippen LogP contribution in [0.5, 0.6) is 0 Å². The largest absolute Gasteiger partial charge is 0.459 e. The van der Waals surface area contributed by atoms with Gasteiger partial charge < -0.3 is 24.9 Å². The van der Waals surface area contributed by atoms with Crippen LogP contribution in [0.15, 0.2) is 27.8 Å². The number of piperazine rings is 1. The maximum atomic E-state index is 12.3.